The molecule has 0 fully saturated rings. The number of benzene rings is 2. The van der Waals surface area contributed by atoms with Crippen LogP contribution in [0.3, 0.4) is 0 Å². The summed E-state index contributed by atoms with van der Waals surface area (Å²) in [4.78, 5) is 0. The van der Waals surface area contributed by atoms with Crippen LogP contribution in [0.25, 0.3) is 22.0 Å². The van der Waals surface area contributed by atoms with Crippen molar-refractivity contribution in [1.29, 1.82) is 0 Å². The predicted molar refractivity (Wildman–Crippen MR) is 98.7 cm³/mol. The molecule has 118 valence electrons. The highest BCUT2D eigenvalue weighted by Gasteiger charge is 2.22. The fourth-order valence-corrected chi connectivity index (χ4v) is 3.19. The van der Waals surface area contributed by atoms with Crippen LogP contribution in [-0.4, -0.2) is 0 Å². The van der Waals surface area contributed by atoms with Crippen molar-refractivity contribution < 1.29 is 4.57 Å². The molecule has 0 amide bonds. The number of rotatable bonds is 1. The highest BCUT2D eigenvalue weighted by molar-refractivity contribution is 5.93. The van der Waals surface area contributed by atoms with E-state index in [2.05, 4.69) is 94.8 Å². The first-order chi connectivity index (χ1) is 10.8. The minimum atomic E-state index is 0.153. The third kappa shape index (κ3) is 2.76. The molecule has 0 unspecified atom stereocenters. The van der Waals surface area contributed by atoms with Crippen molar-refractivity contribution in [2.24, 2.45) is 7.05 Å². The molecule has 0 atom stereocenters. The van der Waals surface area contributed by atoms with E-state index in [1.54, 1.807) is 0 Å². The van der Waals surface area contributed by atoms with Crippen molar-refractivity contribution in [3.05, 3.63) is 65.4 Å². The largest absolute Gasteiger partial charge is 0.220 e. The average Bonchev–Trinajstić information content (AvgIpc) is 2.48. The number of fused-ring (bicyclic) bond motifs is 1. The maximum Gasteiger partial charge on any atom is 0.220 e. The van der Waals surface area contributed by atoms with Crippen LogP contribution >= 0.6 is 0 Å². The maximum atomic E-state index is 2.37. The summed E-state index contributed by atoms with van der Waals surface area (Å²) in [7, 11) is 2.17. The maximum absolute atomic E-state index is 2.37. The zero-order chi connectivity index (χ0) is 16.8. The van der Waals surface area contributed by atoms with Crippen molar-refractivity contribution in [3.8, 4) is 11.3 Å². The summed E-state index contributed by atoms with van der Waals surface area (Å²) in [5, 5.41) is 2.62. The van der Waals surface area contributed by atoms with Crippen LogP contribution in [-0.2, 0) is 12.5 Å². The van der Waals surface area contributed by atoms with Gasteiger partial charge in [0.2, 0.25) is 5.69 Å². The van der Waals surface area contributed by atoms with E-state index in [4.69, 9.17) is 0 Å². The lowest BCUT2D eigenvalue weighted by molar-refractivity contribution is -0.665. The van der Waals surface area contributed by atoms with Gasteiger partial charge in [0, 0.05) is 13.0 Å². The van der Waals surface area contributed by atoms with Gasteiger partial charge in [0.25, 0.3) is 0 Å². The summed E-state index contributed by atoms with van der Waals surface area (Å²) in [5.41, 5.74) is 6.78. The highest BCUT2D eigenvalue weighted by atomic mass is 14.9. The van der Waals surface area contributed by atoms with Gasteiger partial charge in [-0.1, -0.05) is 51.1 Å². The molecular weight excluding hydrogens is 278 g/mol. The smallest absolute Gasteiger partial charge is 0.198 e. The molecule has 3 rings (SSSR count). The lowest BCUT2D eigenvalue weighted by Crippen LogP contribution is -2.35. The first-order valence-electron chi connectivity index (χ1n) is 8.29. The summed E-state index contributed by atoms with van der Waals surface area (Å²) in [6, 6.07) is 17.8. The molecule has 0 aliphatic rings. The minimum absolute atomic E-state index is 0.153. The van der Waals surface area contributed by atoms with Crippen LogP contribution in [0.4, 0.5) is 0 Å². The summed E-state index contributed by atoms with van der Waals surface area (Å²) in [6.45, 7) is 11.2. The topological polar surface area (TPSA) is 3.88 Å². The number of hydrogen-bond acceptors (Lipinski definition) is 0. The zero-order valence-electron chi connectivity index (χ0n) is 15.1. The third-order valence-corrected chi connectivity index (χ3v) is 4.80. The Labute approximate surface area is 139 Å². The third-order valence-electron chi connectivity index (χ3n) is 4.80. The van der Waals surface area contributed by atoms with Crippen LogP contribution in [0.1, 0.15) is 37.6 Å². The lowest BCUT2D eigenvalue weighted by atomic mass is 9.84. The summed E-state index contributed by atoms with van der Waals surface area (Å²) >= 11 is 0. The number of aryl methyl sites for hydroxylation is 2. The summed E-state index contributed by atoms with van der Waals surface area (Å²) in [6.07, 6.45) is 0. The fourth-order valence-electron chi connectivity index (χ4n) is 3.19. The van der Waals surface area contributed by atoms with Crippen LogP contribution < -0.4 is 4.57 Å². The molecule has 0 N–H and O–H groups in total. The van der Waals surface area contributed by atoms with E-state index >= 15 is 0 Å². The molecule has 0 bridgehead atoms. The number of aromatic nitrogens is 1. The van der Waals surface area contributed by atoms with E-state index in [-0.39, 0.29) is 5.41 Å². The molecule has 0 spiro atoms. The van der Waals surface area contributed by atoms with Gasteiger partial charge in [0.15, 0.2) is 5.69 Å². The molecule has 1 heterocycles. The average molecular weight is 304 g/mol. The Morgan fingerprint density at radius 1 is 0.870 bits per heavy atom. The Balaban J connectivity index is 2.39. The van der Waals surface area contributed by atoms with Gasteiger partial charge >= 0.3 is 0 Å². The zero-order valence-corrected chi connectivity index (χ0v) is 15.1. The van der Waals surface area contributed by atoms with Crippen molar-refractivity contribution in [2.75, 3.05) is 0 Å². The van der Waals surface area contributed by atoms with E-state index < -0.39 is 0 Å². The van der Waals surface area contributed by atoms with E-state index in [9.17, 15) is 0 Å². The van der Waals surface area contributed by atoms with Crippen LogP contribution in [0.5, 0.6) is 0 Å². The molecule has 2 aromatic carbocycles. The summed E-state index contributed by atoms with van der Waals surface area (Å²) < 4.78 is 2.32. The van der Waals surface area contributed by atoms with Gasteiger partial charge in [-0.15, -0.1) is 0 Å². The van der Waals surface area contributed by atoms with Gasteiger partial charge in [0.05, 0.1) is 10.9 Å². The molecule has 1 nitrogen and oxygen atoms in total. The van der Waals surface area contributed by atoms with Crippen molar-refractivity contribution in [1.82, 2.24) is 0 Å². The molecule has 1 aromatic heterocycles. The molecule has 3 aromatic rings. The Morgan fingerprint density at radius 3 is 2.26 bits per heavy atom. The van der Waals surface area contributed by atoms with Gasteiger partial charge in [-0.2, -0.15) is 4.57 Å². The monoisotopic (exact) mass is 304 g/mol. The normalized spacial score (nSPS) is 11.9. The van der Waals surface area contributed by atoms with Crippen molar-refractivity contribution in [2.45, 2.75) is 40.0 Å². The van der Waals surface area contributed by atoms with E-state index in [0.29, 0.717) is 0 Å². The Hall–Kier alpha value is -2.15. The predicted octanol–water partition coefficient (Wildman–Crippen LogP) is 5.25. The molecule has 0 aliphatic carbocycles. The quantitative estimate of drug-likeness (QED) is 0.541. The van der Waals surface area contributed by atoms with E-state index in [1.807, 2.05) is 0 Å². The molecule has 0 saturated heterocycles. The SMILES string of the molecule is Cc1ccc(C(C)(C)C)cc1-c1c2ccccc2cc(C)[n+]1C. The van der Waals surface area contributed by atoms with Crippen LogP contribution in [0.15, 0.2) is 48.5 Å². The summed E-state index contributed by atoms with van der Waals surface area (Å²) in [5.74, 6) is 0. The first kappa shape index (κ1) is 15.7. The molecule has 0 saturated carbocycles. The molecule has 0 radical (unpaired) electrons. The Morgan fingerprint density at radius 2 is 1.57 bits per heavy atom. The van der Waals surface area contributed by atoms with E-state index in [0.717, 1.165) is 0 Å². The first-order valence-corrected chi connectivity index (χ1v) is 8.29. The second kappa shape index (κ2) is 5.49. The van der Waals surface area contributed by atoms with Gasteiger partial charge < -0.3 is 0 Å². The number of pyridine rings is 1. The van der Waals surface area contributed by atoms with E-state index in [1.165, 1.54) is 38.9 Å². The molecule has 0 aliphatic heterocycles. The number of hydrogen-bond donors (Lipinski definition) is 0. The molecule has 1 heteroatoms. The van der Waals surface area contributed by atoms with Crippen LogP contribution in [0.2, 0.25) is 0 Å². The second-order valence-electron chi connectivity index (χ2n) is 7.56. The Bertz CT molecular complexity index is 882. The fraction of sp³-hybridized carbons (Fsp3) is 0.318. The lowest BCUT2D eigenvalue weighted by Gasteiger charge is -2.20. The number of nitrogens with zero attached hydrogens (tertiary/aromatic N) is 1. The van der Waals surface area contributed by atoms with Gasteiger partial charge in [-0.05, 0) is 41.0 Å². The van der Waals surface area contributed by atoms with Gasteiger partial charge in [-0.25, -0.2) is 0 Å². The second-order valence-corrected chi connectivity index (χ2v) is 7.56. The van der Waals surface area contributed by atoms with Crippen LogP contribution in [0, 0.1) is 13.8 Å². The highest BCUT2D eigenvalue weighted by Crippen LogP contribution is 2.32. The van der Waals surface area contributed by atoms with Gasteiger partial charge in [0.1, 0.15) is 7.05 Å². The minimum Gasteiger partial charge on any atom is -0.198 e. The van der Waals surface area contributed by atoms with Crippen molar-refractivity contribution >= 4 is 10.8 Å². The van der Waals surface area contributed by atoms with Crippen molar-refractivity contribution in [3.63, 3.8) is 0 Å². The van der Waals surface area contributed by atoms with Gasteiger partial charge in [-0.3, -0.25) is 0 Å². The Kier molecular flexibility index (Phi) is 3.75. The molecule has 23 heavy (non-hydrogen) atoms. The molecular formula is C22H26N+. The standard InChI is InChI=1S/C22H26N/c1-15-11-12-18(22(3,4)5)14-20(15)21-19-10-8-7-9-17(19)13-16(2)23(21)6/h7-14H,1-6H3/q+1.